The molecule has 5 atom stereocenters. The summed E-state index contributed by atoms with van der Waals surface area (Å²) in [5, 5.41) is 0.846. The molecule has 5 unspecified atom stereocenters. The second-order valence-corrected chi connectivity index (χ2v) is 12.4. The van der Waals surface area contributed by atoms with Crippen LogP contribution in [0.2, 0.25) is 5.02 Å². The molecule has 0 saturated heterocycles. The van der Waals surface area contributed by atoms with E-state index < -0.39 is 0 Å². The predicted molar refractivity (Wildman–Crippen MR) is 157 cm³/mol. The third-order valence-electron chi connectivity index (χ3n) is 10.1. The summed E-state index contributed by atoms with van der Waals surface area (Å²) in [7, 11) is 0. The van der Waals surface area contributed by atoms with Gasteiger partial charge in [-0.15, -0.1) is 0 Å². The topological polar surface area (TPSA) is 0 Å². The zero-order valence-electron chi connectivity index (χ0n) is 21.9. The van der Waals surface area contributed by atoms with Crippen molar-refractivity contribution < 1.29 is 0 Å². The van der Waals surface area contributed by atoms with E-state index in [0.29, 0.717) is 11.8 Å². The van der Waals surface area contributed by atoms with Gasteiger partial charge in [0, 0.05) is 10.4 Å². The zero-order chi connectivity index (χ0) is 25.1. The molecule has 0 heterocycles. The minimum absolute atomic E-state index is 0.0968. The van der Waals surface area contributed by atoms with Crippen LogP contribution in [0.1, 0.15) is 57.1 Å². The van der Waals surface area contributed by atoms with Gasteiger partial charge in [-0.25, -0.2) is 0 Å². The second-order valence-electron chi connectivity index (χ2n) is 11.9. The molecule has 186 valence electrons. The van der Waals surface area contributed by atoms with E-state index in [2.05, 4.69) is 105 Å². The molecule has 1 spiro atoms. The average Bonchev–Trinajstić information content (AvgIpc) is 3.22. The largest absolute Gasteiger partial charge is 0.0843 e. The van der Waals surface area contributed by atoms with Crippen molar-refractivity contribution in [2.75, 3.05) is 0 Å². The van der Waals surface area contributed by atoms with E-state index in [1.165, 1.54) is 71.0 Å². The lowest BCUT2D eigenvalue weighted by Gasteiger charge is -2.54. The molecule has 7 rings (SSSR count). The summed E-state index contributed by atoms with van der Waals surface area (Å²) >= 11 is 6.60. The summed E-state index contributed by atoms with van der Waals surface area (Å²) in [5.41, 5.74) is 11.1. The van der Waals surface area contributed by atoms with Crippen LogP contribution >= 0.6 is 11.6 Å². The maximum Gasteiger partial charge on any atom is 0.0412 e. The molecule has 0 aromatic heterocycles. The van der Waals surface area contributed by atoms with Crippen molar-refractivity contribution in [1.82, 2.24) is 0 Å². The second kappa shape index (κ2) is 8.88. The fourth-order valence-corrected chi connectivity index (χ4v) is 8.73. The van der Waals surface area contributed by atoms with Gasteiger partial charge in [-0.3, -0.25) is 0 Å². The Hall–Kier alpha value is -2.83. The minimum atomic E-state index is 0.0968. The molecule has 2 saturated carbocycles. The van der Waals surface area contributed by atoms with Gasteiger partial charge in [0.2, 0.25) is 0 Å². The predicted octanol–water partition coefficient (Wildman–Crippen LogP) is 10.4. The van der Waals surface area contributed by atoms with Crippen LogP contribution in [0.4, 0.5) is 0 Å². The number of rotatable bonds is 3. The Morgan fingerprint density at radius 2 is 1.38 bits per heavy atom. The highest BCUT2D eigenvalue weighted by molar-refractivity contribution is 6.31. The van der Waals surface area contributed by atoms with Crippen molar-refractivity contribution in [3.63, 3.8) is 0 Å². The summed E-state index contributed by atoms with van der Waals surface area (Å²) in [6.07, 6.45) is 6.81. The monoisotopic (exact) mass is 502 g/mol. The van der Waals surface area contributed by atoms with Gasteiger partial charge in [0.1, 0.15) is 0 Å². The van der Waals surface area contributed by atoms with Gasteiger partial charge in [-0.1, -0.05) is 105 Å². The van der Waals surface area contributed by atoms with Gasteiger partial charge in [0.05, 0.1) is 0 Å². The van der Waals surface area contributed by atoms with Gasteiger partial charge >= 0.3 is 0 Å². The van der Waals surface area contributed by atoms with Gasteiger partial charge in [-0.2, -0.15) is 0 Å². The van der Waals surface area contributed by atoms with Crippen LogP contribution < -0.4 is 0 Å². The highest BCUT2D eigenvalue weighted by atomic mass is 35.5. The quantitative estimate of drug-likeness (QED) is 0.261. The van der Waals surface area contributed by atoms with Crippen LogP contribution in [0.3, 0.4) is 0 Å². The smallest absolute Gasteiger partial charge is 0.0412 e. The fourth-order valence-electron chi connectivity index (χ4n) is 8.55. The molecule has 4 aromatic rings. The van der Waals surface area contributed by atoms with Crippen LogP contribution in [0, 0.1) is 23.7 Å². The molecule has 4 aromatic carbocycles. The first-order chi connectivity index (χ1) is 18.1. The maximum absolute atomic E-state index is 6.60. The number of fused-ring (bicyclic) bond motifs is 8. The van der Waals surface area contributed by atoms with E-state index in [1.54, 1.807) is 5.56 Å². The zero-order valence-corrected chi connectivity index (χ0v) is 22.6. The Labute approximate surface area is 226 Å². The van der Waals surface area contributed by atoms with Crippen molar-refractivity contribution in [1.29, 1.82) is 0 Å². The van der Waals surface area contributed by atoms with E-state index in [0.717, 1.165) is 16.9 Å². The lowest BCUT2D eigenvalue weighted by molar-refractivity contribution is 0.0368. The molecule has 2 bridgehead atoms. The number of hydrogen-bond acceptors (Lipinski definition) is 0. The van der Waals surface area contributed by atoms with Crippen molar-refractivity contribution in [2.45, 2.75) is 51.4 Å². The lowest BCUT2D eigenvalue weighted by Crippen LogP contribution is -2.49. The molecular weight excluding hydrogens is 468 g/mol. The van der Waals surface area contributed by atoms with Crippen LogP contribution in [-0.4, -0.2) is 0 Å². The fraction of sp³-hybridized carbons (Fsp3) is 0.333. The molecule has 0 N–H and O–H groups in total. The van der Waals surface area contributed by atoms with E-state index in [1.807, 2.05) is 0 Å². The molecule has 3 aliphatic rings. The average molecular weight is 503 g/mol. The first-order valence-electron chi connectivity index (χ1n) is 14.2. The molecule has 0 nitrogen and oxygen atoms in total. The highest BCUT2D eigenvalue weighted by Gasteiger charge is 2.56. The van der Waals surface area contributed by atoms with Gasteiger partial charge in [0.25, 0.3) is 0 Å². The molecule has 0 aliphatic heterocycles. The van der Waals surface area contributed by atoms with Crippen molar-refractivity contribution in [3.05, 3.63) is 107 Å². The molecule has 3 aliphatic carbocycles. The highest BCUT2D eigenvalue weighted by Crippen LogP contribution is 2.65. The van der Waals surface area contributed by atoms with Crippen LogP contribution in [0.5, 0.6) is 0 Å². The number of hydrogen-bond donors (Lipinski definition) is 0. The van der Waals surface area contributed by atoms with Crippen LogP contribution in [0.25, 0.3) is 33.4 Å². The molecule has 1 heteroatoms. The first-order valence-corrected chi connectivity index (χ1v) is 14.6. The number of benzene rings is 4. The van der Waals surface area contributed by atoms with Crippen molar-refractivity contribution >= 4 is 11.6 Å². The van der Waals surface area contributed by atoms with Crippen LogP contribution in [-0.2, 0) is 5.41 Å². The summed E-state index contributed by atoms with van der Waals surface area (Å²) in [4.78, 5) is 0. The third-order valence-corrected chi connectivity index (χ3v) is 10.3. The van der Waals surface area contributed by atoms with Crippen molar-refractivity contribution in [3.8, 4) is 33.4 Å². The third kappa shape index (κ3) is 3.56. The summed E-state index contributed by atoms with van der Waals surface area (Å²) in [6.45, 7) is 4.94. The Morgan fingerprint density at radius 1 is 0.676 bits per heavy atom. The summed E-state index contributed by atoms with van der Waals surface area (Å²) < 4.78 is 0. The standard InChI is InChI=1S/C36H35Cl/c1-3-24-18-25-17-23(2)36(30(19-24)20-25)34-16-14-31(37)22-33(34)32-15-13-29(21-35(32)36)28-11-9-27(10-12-28)26-7-5-4-6-8-26/h4-16,21-25,30H,3,17-20H2,1-2H3. The molecule has 0 radical (unpaired) electrons. The number of halogens is 1. The lowest BCUT2D eigenvalue weighted by atomic mass is 9.49. The molecule has 0 amide bonds. The Bertz CT molecular complexity index is 1450. The van der Waals surface area contributed by atoms with E-state index in [9.17, 15) is 0 Å². The normalized spacial score (nSPS) is 27.6. The van der Waals surface area contributed by atoms with Gasteiger partial charge in [-0.05, 0) is 112 Å². The van der Waals surface area contributed by atoms with Gasteiger partial charge in [0.15, 0.2) is 0 Å². The SMILES string of the molecule is CCC1CC2CC(C)C3(c4ccc(Cl)cc4-c4ccc(-c5ccc(-c6ccccc6)cc5)cc43)C(C1)C2. The molecular formula is C36H35Cl. The van der Waals surface area contributed by atoms with E-state index >= 15 is 0 Å². The van der Waals surface area contributed by atoms with Gasteiger partial charge < -0.3 is 0 Å². The minimum Gasteiger partial charge on any atom is -0.0843 e. The van der Waals surface area contributed by atoms with E-state index in [4.69, 9.17) is 11.6 Å². The molecule has 37 heavy (non-hydrogen) atoms. The van der Waals surface area contributed by atoms with Crippen LogP contribution in [0.15, 0.2) is 91.0 Å². The molecule has 2 fully saturated rings. The first kappa shape index (κ1) is 23.3. The Balaban J connectivity index is 1.37. The maximum atomic E-state index is 6.60. The van der Waals surface area contributed by atoms with Crippen molar-refractivity contribution in [2.24, 2.45) is 23.7 Å². The Kier molecular flexibility index (Phi) is 5.59. The Morgan fingerprint density at radius 3 is 2.14 bits per heavy atom. The summed E-state index contributed by atoms with van der Waals surface area (Å²) in [6, 6.07) is 33.8. The van der Waals surface area contributed by atoms with E-state index in [-0.39, 0.29) is 5.41 Å². The summed E-state index contributed by atoms with van der Waals surface area (Å²) in [5.74, 6) is 3.09.